The van der Waals surface area contributed by atoms with Crippen molar-refractivity contribution in [3.8, 4) is 0 Å². The molecule has 9 nitrogen and oxygen atoms in total. The number of esters is 2. The molecule has 0 amide bonds. The van der Waals surface area contributed by atoms with Crippen LogP contribution in [0.15, 0.2) is 35.4 Å². The van der Waals surface area contributed by atoms with E-state index in [0.29, 0.717) is 12.0 Å². The molecule has 130 valence electrons. The quantitative estimate of drug-likeness (QED) is 0.183. The molecule has 0 fully saturated rings. The predicted molar refractivity (Wildman–Crippen MR) is 86.3 cm³/mol. The van der Waals surface area contributed by atoms with E-state index in [9.17, 15) is 9.59 Å². The van der Waals surface area contributed by atoms with E-state index in [1.54, 1.807) is 37.4 Å². The molecule has 24 heavy (non-hydrogen) atoms. The molecule has 0 spiro atoms. The average Bonchev–Trinajstić information content (AvgIpc) is 2.58. The highest BCUT2D eigenvalue weighted by molar-refractivity contribution is 5.89. The van der Waals surface area contributed by atoms with Gasteiger partial charge in [0.2, 0.25) is 0 Å². The maximum absolute atomic E-state index is 12.2. The third-order valence-electron chi connectivity index (χ3n) is 3.44. The van der Waals surface area contributed by atoms with Crippen molar-refractivity contribution in [1.29, 1.82) is 0 Å². The van der Waals surface area contributed by atoms with Crippen LogP contribution in [0.4, 0.5) is 0 Å². The number of hydrogen-bond acceptors (Lipinski definition) is 7. The Bertz CT molecular complexity index is 587. The summed E-state index contributed by atoms with van der Waals surface area (Å²) in [7, 11) is 1.61. The Balaban J connectivity index is 2.78. The van der Waals surface area contributed by atoms with Crippen molar-refractivity contribution < 1.29 is 19.1 Å². The lowest BCUT2D eigenvalue weighted by atomic mass is 9.98. The number of nitrogens with two attached hydrogens (primary N) is 1. The van der Waals surface area contributed by atoms with E-state index in [-0.39, 0.29) is 6.61 Å². The van der Waals surface area contributed by atoms with Gasteiger partial charge in [-0.3, -0.25) is 10.6 Å². The van der Waals surface area contributed by atoms with E-state index in [4.69, 9.17) is 20.8 Å². The summed E-state index contributed by atoms with van der Waals surface area (Å²) in [5.41, 5.74) is 8.62. The average molecular weight is 335 g/mol. The molecular weight excluding hydrogens is 314 g/mol. The van der Waals surface area contributed by atoms with Gasteiger partial charge < -0.3 is 9.47 Å². The molecule has 1 aromatic carbocycles. The Morgan fingerprint density at radius 3 is 2.54 bits per heavy atom. The summed E-state index contributed by atoms with van der Waals surface area (Å²) < 4.78 is 10.1. The first-order valence-corrected chi connectivity index (χ1v) is 7.38. The first-order valence-electron chi connectivity index (χ1n) is 7.38. The van der Waals surface area contributed by atoms with Crippen LogP contribution >= 0.6 is 0 Å². The third-order valence-corrected chi connectivity index (χ3v) is 3.44. The monoisotopic (exact) mass is 335 g/mol. The van der Waals surface area contributed by atoms with Crippen LogP contribution < -0.4 is 5.84 Å². The molecule has 2 N–H and O–H groups in total. The summed E-state index contributed by atoms with van der Waals surface area (Å²) in [6, 6.07) is 8.04. The lowest BCUT2D eigenvalue weighted by molar-refractivity contribution is -0.152. The van der Waals surface area contributed by atoms with E-state index in [1.807, 2.05) is 6.92 Å². The number of azide groups is 1. The predicted octanol–water partition coefficient (Wildman–Crippen LogP) is 1.85. The van der Waals surface area contributed by atoms with E-state index >= 15 is 0 Å². The molecule has 0 aliphatic heterocycles. The second kappa shape index (κ2) is 10.2. The first kappa shape index (κ1) is 19.4. The molecule has 2 atom stereocenters. The second-order valence-corrected chi connectivity index (χ2v) is 5.04. The summed E-state index contributed by atoms with van der Waals surface area (Å²) in [5.74, 6) is 3.77. The maximum atomic E-state index is 12.2. The van der Waals surface area contributed by atoms with Crippen molar-refractivity contribution in [2.24, 2.45) is 16.9 Å². The van der Waals surface area contributed by atoms with Gasteiger partial charge >= 0.3 is 11.9 Å². The molecule has 0 bridgehead atoms. The zero-order valence-electron chi connectivity index (χ0n) is 13.7. The molecule has 0 aliphatic carbocycles. The van der Waals surface area contributed by atoms with Gasteiger partial charge in [-0.05, 0) is 24.1 Å². The number of carbonyl (C=O) groups is 2. The number of hydrogen-bond donors (Lipinski definition) is 1. The zero-order chi connectivity index (χ0) is 17.9. The van der Waals surface area contributed by atoms with Gasteiger partial charge in [-0.15, -0.1) is 0 Å². The SMILES string of the molecule is CCC(C(COC(=O)c1ccccc1)C(=O)OCN=[N+]=[N-])N(C)N. The number of nitrogens with zero attached hydrogens (tertiary/aromatic N) is 4. The Morgan fingerprint density at radius 2 is 2.00 bits per heavy atom. The fraction of sp³-hybridized carbons (Fsp3) is 0.467. The van der Waals surface area contributed by atoms with Crippen molar-refractivity contribution in [2.45, 2.75) is 19.4 Å². The highest BCUT2D eigenvalue weighted by atomic mass is 16.6. The van der Waals surface area contributed by atoms with Crippen molar-refractivity contribution in [3.63, 3.8) is 0 Å². The summed E-state index contributed by atoms with van der Waals surface area (Å²) in [6.07, 6.45) is 0.539. The fourth-order valence-electron chi connectivity index (χ4n) is 2.24. The molecule has 0 saturated carbocycles. The fourth-order valence-corrected chi connectivity index (χ4v) is 2.24. The molecular formula is C15H21N5O4. The van der Waals surface area contributed by atoms with Crippen LogP contribution in [-0.4, -0.2) is 43.4 Å². The molecule has 0 heterocycles. The van der Waals surface area contributed by atoms with Crippen LogP contribution in [0.25, 0.3) is 10.4 Å². The Kier molecular flexibility index (Phi) is 8.28. The summed E-state index contributed by atoms with van der Waals surface area (Å²) in [5, 5.41) is 4.52. The van der Waals surface area contributed by atoms with Crippen LogP contribution in [0.5, 0.6) is 0 Å². The first-order chi connectivity index (χ1) is 11.5. The molecule has 0 aliphatic rings. The smallest absolute Gasteiger partial charge is 0.338 e. The van der Waals surface area contributed by atoms with Crippen molar-refractivity contribution in [2.75, 3.05) is 20.4 Å². The van der Waals surface area contributed by atoms with Gasteiger partial charge in [0.15, 0.2) is 6.73 Å². The molecule has 0 saturated heterocycles. The highest BCUT2D eigenvalue weighted by Crippen LogP contribution is 2.16. The van der Waals surface area contributed by atoms with Gasteiger partial charge in [0.25, 0.3) is 0 Å². The summed E-state index contributed by atoms with van der Waals surface area (Å²) >= 11 is 0. The maximum Gasteiger partial charge on any atom is 0.338 e. The number of rotatable bonds is 9. The standard InChI is InChI=1S/C15H21N5O4/c1-3-13(20(2)17)12(15(22)24-10-18-19-16)9-23-14(21)11-7-5-4-6-8-11/h4-8,12-13H,3,9-10,17H2,1-2H3. The molecule has 2 unspecified atom stereocenters. The van der Waals surface area contributed by atoms with Crippen molar-refractivity contribution >= 4 is 11.9 Å². The lowest BCUT2D eigenvalue weighted by Gasteiger charge is -2.29. The van der Waals surface area contributed by atoms with Crippen LogP contribution in [0, 0.1) is 5.92 Å². The Hall–Kier alpha value is -2.61. The van der Waals surface area contributed by atoms with E-state index in [2.05, 4.69) is 10.0 Å². The summed E-state index contributed by atoms with van der Waals surface area (Å²) in [6.45, 7) is 1.23. The number of ether oxygens (including phenoxy) is 2. The largest absolute Gasteiger partial charge is 0.461 e. The normalized spacial score (nSPS) is 12.8. The van der Waals surface area contributed by atoms with Gasteiger partial charge in [0.05, 0.1) is 5.56 Å². The Labute approximate surface area is 139 Å². The van der Waals surface area contributed by atoms with Gasteiger partial charge in [-0.25, -0.2) is 9.80 Å². The minimum Gasteiger partial charge on any atom is -0.461 e. The van der Waals surface area contributed by atoms with Crippen molar-refractivity contribution in [1.82, 2.24) is 5.01 Å². The number of carbonyl (C=O) groups excluding carboxylic acids is 2. The van der Waals surface area contributed by atoms with Crippen molar-refractivity contribution in [3.05, 3.63) is 46.3 Å². The van der Waals surface area contributed by atoms with Gasteiger partial charge in [0.1, 0.15) is 12.5 Å². The van der Waals surface area contributed by atoms with E-state index in [0.717, 1.165) is 0 Å². The molecule has 9 heteroatoms. The number of benzene rings is 1. The molecule has 1 rings (SSSR count). The van der Waals surface area contributed by atoms with Gasteiger partial charge in [0, 0.05) is 18.0 Å². The van der Waals surface area contributed by atoms with Gasteiger partial charge in [-0.2, -0.15) is 0 Å². The molecule has 0 aromatic heterocycles. The molecule has 0 radical (unpaired) electrons. The van der Waals surface area contributed by atoms with E-state index in [1.165, 1.54) is 5.01 Å². The summed E-state index contributed by atoms with van der Waals surface area (Å²) in [4.78, 5) is 26.7. The minimum absolute atomic E-state index is 0.192. The Morgan fingerprint density at radius 1 is 1.33 bits per heavy atom. The van der Waals surface area contributed by atoms with Crippen LogP contribution in [-0.2, 0) is 14.3 Å². The van der Waals surface area contributed by atoms with Crippen LogP contribution in [0.3, 0.4) is 0 Å². The van der Waals surface area contributed by atoms with Crippen LogP contribution in [0.1, 0.15) is 23.7 Å². The lowest BCUT2D eigenvalue weighted by Crippen LogP contribution is -2.47. The minimum atomic E-state index is -0.799. The topological polar surface area (TPSA) is 131 Å². The number of hydrazine groups is 1. The van der Waals surface area contributed by atoms with Gasteiger partial charge in [-0.1, -0.05) is 30.2 Å². The highest BCUT2D eigenvalue weighted by Gasteiger charge is 2.32. The molecule has 1 aromatic rings. The van der Waals surface area contributed by atoms with Crippen LogP contribution in [0.2, 0.25) is 0 Å². The third kappa shape index (κ3) is 5.88. The second-order valence-electron chi connectivity index (χ2n) is 5.04. The van der Waals surface area contributed by atoms with E-state index < -0.39 is 30.6 Å². The zero-order valence-corrected chi connectivity index (χ0v) is 13.7.